The number of aryl methyl sites for hydroxylation is 1. The normalized spacial score (nSPS) is 12.3. The minimum Gasteiger partial charge on any atom is -0.117 e. The van der Waals surface area contributed by atoms with Crippen LogP contribution < -0.4 is 0 Å². The van der Waals surface area contributed by atoms with Crippen LogP contribution in [0, 0.1) is 0 Å². The molecule has 0 N–H and O–H groups in total. The molecule has 0 spiro atoms. The highest BCUT2D eigenvalue weighted by atomic mass is 79.9. The first kappa shape index (κ1) is 15.6. The third kappa shape index (κ3) is 4.64. The molecule has 2 aromatic rings. The Hall–Kier alpha value is -0.790. The highest BCUT2D eigenvalue weighted by Gasteiger charge is 2.09. The summed E-state index contributed by atoms with van der Waals surface area (Å²) in [6.45, 7) is 2.22. The maximum absolute atomic E-state index is 6.53. The van der Waals surface area contributed by atoms with Crippen LogP contribution in [-0.4, -0.2) is 0 Å². The van der Waals surface area contributed by atoms with Crippen molar-refractivity contribution in [3.05, 3.63) is 69.7 Å². The molecule has 0 heterocycles. The van der Waals surface area contributed by atoms with Crippen LogP contribution >= 0.6 is 27.5 Å². The topological polar surface area (TPSA) is 0 Å². The van der Waals surface area contributed by atoms with Crippen LogP contribution in [0.3, 0.4) is 0 Å². The average Bonchev–Trinajstić information content (AvgIpc) is 2.48. The summed E-state index contributed by atoms with van der Waals surface area (Å²) in [7, 11) is 0. The monoisotopic (exact) mass is 350 g/mol. The smallest absolute Gasteiger partial charge is 0.0625 e. The second kappa shape index (κ2) is 7.85. The molecule has 0 aliphatic rings. The molecule has 2 heteroatoms. The van der Waals surface area contributed by atoms with E-state index >= 15 is 0 Å². The van der Waals surface area contributed by atoms with Gasteiger partial charge < -0.3 is 0 Å². The van der Waals surface area contributed by atoms with Gasteiger partial charge in [-0.05, 0) is 48.1 Å². The van der Waals surface area contributed by atoms with Gasteiger partial charge >= 0.3 is 0 Å². The van der Waals surface area contributed by atoms with Crippen molar-refractivity contribution in [1.29, 1.82) is 0 Å². The lowest BCUT2D eigenvalue weighted by Crippen LogP contribution is -1.96. The van der Waals surface area contributed by atoms with Crippen molar-refractivity contribution in [3.63, 3.8) is 0 Å². The van der Waals surface area contributed by atoms with Gasteiger partial charge in [0.1, 0.15) is 0 Å². The molecular formula is C18H20BrCl. The quantitative estimate of drug-likeness (QED) is 0.535. The molecule has 0 radical (unpaired) electrons. The Morgan fingerprint density at radius 2 is 1.55 bits per heavy atom. The van der Waals surface area contributed by atoms with E-state index in [1.807, 2.05) is 0 Å². The molecule has 2 aromatic carbocycles. The van der Waals surface area contributed by atoms with E-state index < -0.39 is 0 Å². The van der Waals surface area contributed by atoms with E-state index in [-0.39, 0.29) is 5.38 Å². The molecule has 0 saturated carbocycles. The number of hydrogen-bond donors (Lipinski definition) is 0. The number of alkyl halides is 1. The Bertz CT molecular complexity index is 516. The zero-order chi connectivity index (χ0) is 14.4. The number of benzene rings is 2. The standard InChI is InChI=1S/C18H20BrCl/c1-2-3-4-14-5-9-16(10-6-14)18(20)13-15-7-11-17(19)12-8-15/h5-12,18H,2-4,13H2,1H3. The van der Waals surface area contributed by atoms with Gasteiger partial charge in [-0.3, -0.25) is 0 Å². The Kier molecular flexibility index (Phi) is 6.12. The highest BCUT2D eigenvalue weighted by Crippen LogP contribution is 2.26. The fraction of sp³-hybridized carbons (Fsp3) is 0.333. The molecule has 0 amide bonds. The molecular weight excluding hydrogens is 332 g/mol. The maximum atomic E-state index is 6.53. The number of unbranched alkanes of at least 4 members (excludes halogenated alkanes) is 1. The van der Waals surface area contributed by atoms with E-state index in [1.165, 1.54) is 29.5 Å². The third-order valence-electron chi connectivity index (χ3n) is 3.49. The first-order chi connectivity index (χ1) is 9.69. The zero-order valence-electron chi connectivity index (χ0n) is 11.8. The summed E-state index contributed by atoms with van der Waals surface area (Å²) in [5, 5.41) is 0.0383. The van der Waals surface area contributed by atoms with Gasteiger partial charge in [-0.15, -0.1) is 11.6 Å². The Balaban J connectivity index is 1.98. The first-order valence-corrected chi connectivity index (χ1v) is 8.39. The second-order valence-electron chi connectivity index (χ2n) is 5.14. The Labute approximate surface area is 135 Å². The van der Waals surface area contributed by atoms with Crippen LogP contribution in [-0.2, 0) is 12.8 Å². The summed E-state index contributed by atoms with van der Waals surface area (Å²) in [5.74, 6) is 0. The third-order valence-corrected chi connectivity index (χ3v) is 4.42. The zero-order valence-corrected chi connectivity index (χ0v) is 14.1. The van der Waals surface area contributed by atoms with E-state index in [0.717, 1.165) is 17.3 Å². The fourth-order valence-electron chi connectivity index (χ4n) is 2.22. The minimum absolute atomic E-state index is 0.0383. The first-order valence-electron chi connectivity index (χ1n) is 7.16. The van der Waals surface area contributed by atoms with Gasteiger partial charge in [0.15, 0.2) is 0 Å². The summed E-state index contributed by atoms with van der Waals surface area (Å²) in [6.07, 6.45) is 4.52. The Morgan fingerprint density at radius 1 is 0.950 bits per heavy atom. The molecule has 0 aromatic heterocycles. The molecule has 0 bridgehead atoms. The van der Waals surface area contributed by atoms with Crippen LogP contribution in [0.4, 0.5) is 0 Å². The molecule has 1 unspecified atom stereocenters. The lowest BCUT2D eigenvalue weighted by Gasteiger charge is -2.11. The van der Waals surface area contributed by atoms with Gasteiger partial charge in [0, 0.05) is 4.47 Å². The van der Waals surface area contributed by atoms with Crippen molar-refractivity contribution in [2.24, 2.45) is 0 Å². The van der Waals surface area contributed by atoms with Crippen LogP contribution in [0.5, 0.6) is 0 Å². The molecule has 20 heavy (non-hydrogen) atoms. The summed E-state index contributed by atoms with van der Waals surface area (Å²) >= 11 is 9.98. The number of halogens is 2. The minimum atomic E-state index is 0.0383. The van der Waals surface area contributed by atoms with Gasteiger partial charge in [0.25, 0.3) is 0 Å². The summed E-state index contributed by atoms with van der Waals surface area (Å²) < 4.78 is 1.10. The van der Waals surface area contributed by atoms with Crippen LogP contribution in [0.2, 0.25) is 0 Å². The lowest BCUT2D eigenvalue weighted by molar-refractivity contribution is 0.794. The van der Waals surface area contributed by atoms with E-state index in [0.29, 0.717) is 0 Å². The lowest BCUT2D eigenvalue weighted by atomic mass is 10.0. The largest absolute Gasteiger partial charge is 0.117 e. The van der Waals surface area contributed by atoms with E-state index in [9.17, 15) is 0 Å². The highest BCUT2D eigenvalue weighted by molar-refractivity contribution is 9.10. The van der Waals surface area contributed by atoms with Gasteiger partial charge in [-0.1, -0.05) is 65.7 Å². The Morgan fingerprint density at radius 3 is 2.15 bits per heavy atom. The summed E-state index contributed by atoms with van der Waals surface area (Å²) in [6, 6.07) is 17.1. The van der Waals surface area contributed by atoms with Crippen molar-refractivity contribution < 1.29 is 0 Å². The summed E-state index contributed by atoms with van der Waals surface area (Å²) in [5.41, 5.74) is 3.88. The van der Waals surface area contributed by atoms with Crippen LogP contribution in [0.25, 0.3) is 0 Å². The SMILES string of the molecule is CCCCc1ccc(C(Cl)Cc2ccc(Br)cc2)cc1. The van der Waals surface area contributed by atoms with Crippen molar-refractivity contribution in [3.8, 4) is 0 Å². The molecule has 0 saturated heterocycles. The second-order valence-corrected chi connectivity index (χ2v) is 6.59. The fourth-order valence-corrected chi connectivity index (χ4v) is 2.81. The van der Waals surface area contributed by atoms with E-state index in [1.54, 1.807) is 0 Å². The number of rotatable bonds is 6. The van der Waals surface area contributed by atoms with Crippen LogP contribution in [0.1, 0.15) is 41.8 Å². The van der Waals surface area contributed by atoms with Gasteiger partial charge in [0.2, 0.25) is 0 Å². The van der Waals surface area contributed by atoms with Gasteiger partial charge in [-0.25, -0.2) is 0 Å². The number of hydrogen-bond acceptors (Lipinski definition) is 0. The van der Waals surface area contributed by atoms with Crippen LogP contribution in [0.15, 0.2) is 53.0 Å². The summed E-state index contributed by atoms with van der Waals surface area (Å²) in [4.78, 5) is 0. The maximum Gasteiger partial charge on any atom is 0.0625 e. The van der Waals surface area contributed by atoms with Crippen molar-refractivity contribution in [2.45, 2.75) is 38.0 Å². The molecule has 1 atom stereocenters. The molecule has 0 aliphatic heterocycles. The van der Waals surface area contributed by atoms with E-state index in [2.05, 4.69) is 71.4 Å². The molecule has 2 rings (SSSR count). The predicted octanol–water partition coefficient (Wildman–Crippen LogP) is 6.31. The van der Waals surface area contributed by atoms with Gasteiger partial charge in [0.05, 0.1) is 5.38 Å². The van der Waals surface area contributed by atoms with Crippen molar-refractivity contribution in [2.75, 3.05) is 0 Å². The molecule has 0 fully saturated rings. The van der Waals surface area contributed by atoms with E-state index in [4.69, 9.17) is 11.6 Å². The van der Waals surface area contributed by atoms with Crippen molar-refractivity contribution >= 4 is 27.5 Å². The van der Waals surface area contributed by atoms with Gasteiger partial charge in [-0.2, -0.15) is 0 Å². The molecule has 106 valence electrons. The molecule has 0 nitrogen and oxygen atoms in total. The average molecular weight is 352 g/mol. The molecule has 0 aliphatic carbocycles. The predicted molar refractivity (Wildman–Crippen MR) is 91.5 cm³/mol. The van der Waals surface area contributed by atoms with Crippen molar-refractivity contribution in [1.82, 2.24) is 0 Å².